The number of nitrogens with one attached hydrogen (secondary N) is 1. The number of nitrogens with zero attached hydrogens (tertiary/aromatic N) is 3. The van der Waals surface area contributed by atoms with Gasteiger partial charge < -0.3 is 9.15 Å². The van der Waals surface area contributed by atoms with Gasteiger partial charge in [-0.15, -0.1) is 10.2 Å². The minimum Gasteiger partial charge on any atom is -0.494 e. The molecule has 2 heterocycles. The van der Waals surface area contributed by atoms with Gasteiger partial charge in [0.2, 0.25) is 5.82 Å². The van der Waals surface area contributed by atoms with E-state index in [4.69, 9.17) is 20.8 Å². The molecule has 0 unspecified atom stereocenters. The number of H-pyrrole nitrogens is 1. The number of fused-ring (bicyclic) bond motifs is 1. The summed E-state index contributed by atoms with van der Waals surface area (Å²) in [5.74, 6) is 1.32. The minimum absolute atomic E-state index is 0.166. The van der Waals surface area contributed by atoms with Crippen LogP contribution in [0.4, 0.5) is 0 Å². The van der Waals surface area contributed by atoms with Gasteiger partial charge in [-0.3, -0.25) is 4.79 Å². The number of para-hydroxylation sites is 1. The third-order valence-electron chi connectivity index (χ3n) is 5.73. The molecule has 0 saturated heterocycles. The average molecular weight is 499 g/mol. The molecule has 0 aliphatic carbocycles. The van der Waals surface area contributed by atoms with Crippen molar-refractivity contribution in [2.75, 3.05) is 6.61 Å². The van der Waals surface area contributed by atoms with Crippen LogP contribution in [0, 0.1) is 0 Å². The van der Waals surface area contributed by atoms with Crippen molar-refractivity contribution in [1.29, 1.82) is 0 Å². The number of aryl methyl sites for hydroxylation is 1. The molecule has 36 heavy (non-hydrogen) atoms. The SMILES string of the molecule is O=c1cc(-c2nn[nH]n2)oc2c(C=Cc3ccc(OCCCCc4ccc(Cl)cc4)cc3)cccc12. The maximum Gasteiger partial charge on any atom is 0.239 e. The van der Waals surface area contributed by atoms with E-state index in [9.17, 15) is 4.79 Å². The van der Waals surface area contributed by atoms with Crippen molar-refractivity contribution in [3.8, 4) is 17.3 Å². The number of unbranched alkanes of at least 4 members (excludes halogenated alkanes) is 1. The third-order valence-corrected chi connectivity index (χ3v) is 5.98. The first-order chi connectivity index (χ1) is 17.7. The fraction of sp³-hybridized carbons (Fsp3) is 0.143. The van der Waals surface area contributed by atoms with Crippen LogP contribution < -0.4 is 10.2 Å². The number of halogens is 1. The van der Waals surface area contributed by atoms with Gasteiger partial charge >= 0.3 is 0 Å². The number of hydrogen-bond acceptors (Lipinski definition) is 6. The second-order valence-electron chi connectivity index (χ2n) is 8.27. The van der Waals surface area contributed by atoms with Gasteiger partial charge in [0.1, 0.15) is 11.3 Å². The number of hydrogen-bond donors (Lipinski definition) is 1. The molecule has 0 fully saturated rings. The molecular formula is C28H23ClN4O3. The number of aromatic nitrogens is 4. The molecule has 7 nitrogen and oxygen atoms in total. The van der Waals surface area contributed by atoms with Crippen molar-refractivity contribution in [3.63, 3.8) is 0 Å². The van der Waals surface area contributed by atoms with E-state index in [2.05, 4.69) is 32.8 Å². The van der Waals surface area contributed by atoms with Gasteiger partial charge in [-0.25, -0.2) is 0 Å². The molecule has 3 aromatic carbocycles. The van der Waals surface area contributed by atoms with Crippen LogP contribution >= 0.6 is 11.6 Å². The molecule has 0 spiro atoms. The smallest absolute Gasteiger partial charge is 0.239 e. The van der Waals surface area contributed by atoms with Crippen molar-refractivity contribution >= 4 is 34.7 Å². The van der Waals surface area contributed by atoms with E-state index in [0.717, 1.165) is 41.2 Å². The normalized spacial score (nSPS) is 11.4. The van der Waals surface area contributed by atoms with E-state index in [-0.39, 0.29) is 17.0 Å². The molecule has 0 radical (unpaired) electrons. The summed E-state index contributed by atoms with van der Waals surface area (Å²) in [5, 5.41) is 15.0. The molecular weight excluding hydrogens is 476 g/mol. The molecule has 2 aromatic heterocycles. The first kappa shape index (κ1) is 23.5. The highest BCUT2D eigenvalue weighted by atomic mass is 35.5. The quantitative estimate of drug-likeness (QED) is 0.192. The summed E-state index contributed by atoms with van der Waals surface area (Å²) >= 11 is 5.93. The Morgan fingerprint density at radius 3 is 2.58 bits per heavy atom. The van der Waals surface area contributed by atoms with Crippen LogP contribution in [-0.2, 0) is 6.42 Å². The first-order valence-corrected chi connectivity index (χ1v) is 12.0. The van der Waals surface area contributed by atoms with E-state index >= 15 is 0 Å². The second-order valence-corrected chi connectivity index (χ2v) is 8.71. The first-order valence-electron chi connectivity index (χ1n) is 11.6. The van der Waals surface area contributed by atoms with E-state index in [1.807, 2.05) is 60.7 Å². The van der Waals surface area contributed by atoms with Crippen LogP contribution in [0.3, 0.4) is 0 Å². The van der Waals surface area contributed by atoms with Gasteiger partial charge in [-0.1, -0.05) is 60.2 Å². The molecule has 0 saturated carbocycles. The Morgan fingerprint density at radius 2 is 1.81 bits per heavy atom. The highest BCUT2D eigenvalue weighted by Crippen LogP contribution is 2.24. The van der Waals surface area contributed by atoms with Gasteiger partial charge in [0.25, 0.3) is 0 Å². The second kappa shape index (κ2) is 11.0. The van der Waals surface area contributed by atoms with Crippen LogP contribution in [0.2, 0.25) is 5.02 Å². The number of benzene rings is 3. The van der Waals surface area contributed by atoms with Crippen LogP contribution in [0.25, 0.3) is 34.7 Å². The molecule has 0 aliphatic heterocycles. The van der Waals surface area contributed by atoms with Crippen LogP contribution in [0.5, 0.6) is 5.75 Å². The zero-order valence-corrected chi connectivity index (χ0v) is 20.1. The summed E-state index contributed by atoms with van der Waals surface area (Å²) in [4.78, 5) is 12.6. The number of ether oxygens (including phenoxy) is 1. The fourth-order valence-corrected chi connectivity index (χ4v) is 3.97. The Kier molecular flexibility index (Phi) is 7.19. The maximum atomic E-state index is 12.6. The van der Waals surface area contributed by atoms with Crippen LogP contribution in [-0.4, -0.2) is 27.2 Å². The third kappa shape index (κ3) is 5.70. The van der Waals surface area contributed by atoms with Crippen molar-refractivity contribution in [3.05, 3.63) is 105 Å². The zero-order chi connectivity index (χ0) is 24.7. The Balaban J connectivity index is 1.21. The molecule has 5 aromatic rings. The number of aromatic amines is 1. The average Bonchev–Trinajstić information content (AvgIpc) is 3.44. The summed E-state index contributed by atoms with van der Waals surface area (Å²) in [6.45, 7) is 0.667. The predicted octanol–water partition coefficient (Wildman–Crippen LogP) is 6.20. The topological polar surface area (TPSA) is 93.9 Å². The van der Waals surface area contributed by atoms with Crippen molar-refractivity contribution in [1.82, 2.24) is 20.6 Å². The van der Waals surface area contributed by atoms with Gasteiger partial charge in [0.15, 0.2) is 11.2 Å². The van der Waals surface area contributed by atoms with Gasteiger partial charge in [-0.2, -0.15) is 5.21 Å². The molecule has 0 atom stereocenters. The molecule has 1 N–H and O–H groups in total. The minimum atomic E-state index is -0.166. The van der Waals surface area contributed by atoms with Crippen LogP contribution in [0.1, 0.15) is 29.5 Å². The van der Waals surface area contributed by atoms with E-state index < -0.39 is 0 Å². The summed E-state index contributed by atoms with van der Waals surface area (Å²) in [5.41, 5.74) is 3.36. The van der Waals surface area contributed by atoms with Crippen molar-refractivity contribution in [2.24, 2.45) is 0 Å². The van der Waals surface area contributed by atoms with Gasteiger partial charge in [0, 0.05) is 16.7 Å². The Morgan fingerprint density at radius 1 is 0.972 bits per heavy atom. The molecule has 0 aliphatic rings. The molecule has 5 rings (SSSR count). The Bertz CT molecular complexity index is 1530. The van der Waals surface area contributed by atoms with Crippen molar-refractivity contribution < 1.29 is 9.15 Å². The lowest BCUT2D eigenvalue weighted by Crippen LogP contribution is -2.01. The van der Waals surface area contributed by atoms with Crippen LogP contribution in [0.15, 0.2) is 82.0 Å². The predicted molar refractivity (Wildman–Crippen MR) is 141 cm³/mol. The number of rotatable bonds is 9. The highest BCUT2D eigenvalue weighted by Gasteiger charge is 2.12. The number of tetrazole rings is 1. The summed E-state index contributed by atoms with van der Waals surface area (Å²) < 4.78 is 11.8. The lowest BCUT2D eigenvalue weighted by atomic mass is 10.1. The van der Waals surface area contributed by atoms with Gasteiger partial charge in [0.05, 0.1) is 12.0 Å². The monoisotopic (exact) mass is 498 g/mol. The molecule has 0 amide bonds. The summed E-state index contributed by atoms with van der Waals surface area (Å²) in [6, 6.07) is 22.7. The van der Waals surface area contributed by atoms with Crippen molar-refractivity contribution in [2.45, 2.75) is 19.3 Å². The Labute approximate surface area is 212 Å². The van der Waals surface area contributed by atoms with E-state index in [1.54, 1.807) is 6.07 Å². The lowest BCUT2D eigenvalue weighted by molar-refractivity contribution is 0.307. The summed E-state index contributed by atoms with van der Waals surface area (Å²) in [7, 11) is 0. The largest absolute Gasteiger partial charge is 0.494 e. The fourth-order valence-electron chi connectivity index (χ4n) is 3.84. The zero-order valence-electron chi connectivity index (χ0n) is 19.4. The molecule has 0 bridgehead atoms. The van der Waals surface area contributed by atoms with Gasteiger partial charge in [-0.05, 0) is 65.9 Å². The molecule has 180 valence electrons. The Hall–Kier alpha value is -4.23. The lowest BCUT2D eigenvalue weighted by Gasteiger charge is -2.07. The highest BCUT2D eigenvalue weighted by molar-refractivity contribution is 6.30. The molecule has 8 heteroatoms. The van der Waals surface area contributed by atoms with E-state index in [0.29, 0.717) is 17.6 Å². The maximum absolute atomic E-state index is 12.6. The summed E-state index contributed by atoms with van der Waals surface area (Å²) in [6.07, 6.45) is 6.92. The van der Waals surface area contributed by atoms with E-state index in [1.165, 1.54) is 11.6 Å². The standard InChI is InChI=1S/C28H23ClN4O3/c29-22-13-8-19(9-14-22)4-1-2-17-35-23-15-10-20(11-16-23)7-12-21-5-3-6-24-25(34)18-26(36-27(21)24)28-30-32-33-31-28/h3,5-16,18H,1-2,4,17H2,(H,30,31,32,33).